The molecule has 0 aliphatic heterocycles. The van der Waals surface area contributed by atoms with Crippen LogP contribution in [0.1, 0.15) is 29.9 Å². The van der Waals surface area contributed by atoms with Gasteiger partial charge in [0.2, 0.25) is 0 Å². The van der Waals surface area contributed by atoms with Gasteiger partial charge in [0.1, 0.15) is 5.69 Å². The Kier molecular flexibility index (Phi) is 6.60. The Morgan fingerprint density at radius 1 is 1.14 bits per heavy atom. The number of nitrogens with one attached hydrogen (secondary N) is 2. The van der Waals surface area contributed by atoms with E-state index in [1.807, 2.05) is 36.4 Å². The lowest BCUT2D eigenvalue weighted by molar-refractivity contribution is 0.0950. The molecule has 1 aromatic heterocycles. The van der Waals surface area contributed by atoms with Gasteiger partial charge in [-0.3, -0.25) is 9.89 Å². The number of halogens is 1. The van der Waals surface area contributed by atoms with Crippen molar-refractivity contribution >= 4 is 33.7 Å². The fourth-order valence-corrected chi connectivity index (χ4v) is 3.06. The van der Waals surface area contributed by atoms with E-state index in [-0.39, 0.29) is 5.91 Å². The van der Waals surface area contributed by atoms with Crippen LogP contribution < -0.4 is 10.3 Å². The molecule has 3 aromatic rings. The highest BCUT2D eigenvalue weighted by Crippen LogP contribution is 2.20. The number of amides is 1. The minimum atomic E-state index is -0.341. The van der Waals surface area contributed by atoms with Gasteiger partial charge in [-0.2, -0.15) is 10.2 Å². The number of H-pyrrole nitrogens is 1. The predicted octanol–water partition coefficient (Wildman–Crippen LogP) is 4.45. The highest BCUT2D eigenvalue weighted by Gasteiger charge is 2.10. The Labute approximate surface area is 172 Å². The second kappa shape index (κ2) is 9.32. The van der Waals surface area contributed by atoms with E-state index in [9.17, 15) is 4.79 Å². The molecular formula is C21H22BrN5O. The van der Waals surface area contributed by atoms with Gasteiger partial charge in [0.15, 0.2) is 0 Å². The highest BCUT2D eigenvalue weighted by molar-refractivity contribution is 9.10. The summed E-state index contributed by atoms with van der Waals surface area (Å²) in [5.41, 5.74) is 6.59. The number of hydrogen-bond acceptors (Lipinski definition) is 4. The lowest BCUT2D eigenvalue weighted by Crippen LogP contribution is -2.21. The zero-order valence-electron chi connectivity index (χ0n) is 15.8. The van der Waals surface area contributed by atoms with Gasteiger partial charge in [0, 0.05) is 28.8 Å². The Morgan fingerprint density at radius 2 is 1.82 bits per heavy atom. The molecular weight excluding hydrogens is 418 g/mol. The van der Waals surface area contributed by atoms with Crippen molar-refractivity contribution in [1.29, 1.82) is 0 Å². The second-order valence-corrected chi connectivity index (χ2v) is 7.05. The van der Waals surface area contributed by atoms with Crippen LogP contribution in [0.4, 0.5) is 5.69 Å². The van der Waals surface area contributed by atoms with E-state index in [4.69, 9.17) is 0 Å². The molecule has 0 aliphatic rings. The molecule has 6 nitrogen and oxygen atoms in total. The standard InChI is InChI=1S/C21H22BrN5O/c1-3-27(4-2)18-11-5-15(6-12-18)14-23-26-21(28)20-13-19(24-25-20)16-7-9-17(22)10-8-16/h5-14H,3-4H2,1-2H3,(H,24,25)(H,26,28)/b23-14-. The van der Waals surface area contributed by atoms with Crippen molar-refractivity contribution in [3.05, 3.63) is 70.3 Å². The van der Waals surface area contributed by atoms with Crippen LogP contribution in [0.5, 0.6) is 0 Å². The molecule has 7 heteroatoms. The molecule has 0 bridgehead atoms. The molecule has 2 N–H and O–H groups in total. The van der Waals surface area contributed by atoms with Crippen LogP contribution in [0.15, 0.2) is 64.2 Å². The number of anilines is 1. The van der Waals surface area contributed by atoms with Crippen LogP contribution in [0.25, 0.3) is 11.3 Å². The van der Waals surface area contributed by atoms with Gasteiger partial charge >= 0.3 is 0 Å². The van der Waals surface area contributed by atoms with E-state index in [0.29, 0.717) is 11.4 Å². The number of nitrogens with zero attached hydrogens (tertiary/aromatic N) is 3. The third kappa shape index (κ3) is 4.86. The molecule has 144 valence electrons. The van der Waals surface area contributed by atoms with Gasteiger partial charge in [-0.15, -0.1) is 0 Å². The maximum atomic E-state index is 12.2. The summed E-state index contributed by atoms with van der Waals surface area (Å²) in [5, 5.41) is 11.0. The summed E-state index contributed by atoms with van der Waals surface area (Å²) < 4.78 is 0.990. The van der Waals surface area contributed by atoms with Gasteiger partial charge in [0.05, 0.1) is 11.9 Å². The summed E-state index contributed by atoms with van der Waals surface area (Å²) in [6.45, 7) is 6.19. The predicted molar refractivity (Wildman–Crippen MR) is 117 cm³/mol. The molecule has 0 atom stereocenters. The van der Waals surface area contributed by atoms with E-state index in [1.54, 1.807) is 12.3 Å². The fraction of sp³-hybridized carbons (Fsp3) is 0.190. The SMILES string of the molecule is CCN(CC)c1ccc(/C=N\NC(=O)c2cc(-c3ccc(Br)cc3)n[nH]2)cc1. The third-order valence-electron chi connectivity index (χ3n) is 4.36. The molecule has 1 heterocycles. The first-order chi connectivity index (χ1) is 13.6. The molecule has 28 heavy (non-hydrogen) atoms. The third-order valence-corrected chi connectivity index (χ3v) is 4.89. The summed E-state index contributed by atoms with van der Waals surface area (Å²) in [6.07, 6.45) is 1.62. The largest absolute Gasteiger partial charge is 0.372 e. The average Bonchev–Trinajstić information content (AvgIpc) is 3.21. The normalized spacial score (nSPS) is 11.0. The first kappa shape index (κ1) is 19.8. The van der Waals surface area contributed by atoms with Gasteiger partial charge in [-0.1, -0.05) is 40.2 Å². The maximum Gasteiger partial charge on any atom is 0.289 e. The van der Waals surface area contributed by atoms with Crippen LogP contribution in [-0.4, -0.2) is 35.4 Å². The molecule has 0 radical (unpaired) electrons. The molecule has 1 amide bonds. The van der Waals surface area contributed by atoms with E-state index >= 15 is 0 Å². The lowest BCUT2D eigenvalue weighted by atomic mass is 10.1. The van der Waals surface area contributed by atoms with E-state index in [2.05, 4.69) is 67.5 Å². The monoisotopic (exact) mass is 439 g/mol. The molecule has 0 saturated heterocycles. The zero-order valence-corrected chi connectivity index (χ0v) is 17.4. The lowest BCUT2D eigenvalue weighted by Gasteiger charge is -2.20. The summed E-state index contributed by atoms with van der Waals surface area (Å²) in [6, 6.07) is 17.5. The second-order valence-electron chi connectivity index (χ2n) is 6.14. The first-order valence-corrected chi connectivity index (χ1v) is 9.89. The van der Waals surface area contributed by atoms with Crippen LogP contribution >= 0.6 is 15.9 Å². The smallest absolute Gasteiger partial charge is 0.289 e. The number of aromatic amines is 1. The van der Waals surface area contributed by atoms with Gasteiger partial charge in [-0.25, -0.2) is 5.43 Å². The molecule has 2 aromatic carbocycles. The molecule has 0 fully saturated rings. The summed E-state index contributed by atoms with van der Waals surface area (Å²) in [7, 11) is 0. The zero-order chi connectivity index (χ0) is 19.9. The Hall–Kier alpha value is -2.93. The number of rotatable bonds is 7. The van der Waals surface area contributed by atoms with Crippen molar-refractivity contribution in [1.82, 2.24) is 15.6 Å². The van der Waals surface area contributed by atoms with Crippen LogP contribution in [-0.2, 0) is 0 Å². The number of carbonyl (C=O) groups is 1. The topological polar surface area (TPSA) is 73.4 Å². The van der Waals surface area contributed by atoms with Crippen molar-refractivity contribution < 1.29 is 4.79 Å². The first-order valence-electron chi connectivity index (χ1n) is 9.10. The van der Waals surface area contributed by atoms with Crippen LogP contribution in [0.2, 0.25) is 0 Å². The summed E-state index contributed by atoms with van der Waals surface area (Å²) in [4.78, 5) is 14.5. The Bertz CT molecular complexity index is 944. The molecule has 0 aliphatic carbocycles. The number of hydrogen-bond donors (Lipinski definition) is 2. The van der Waals surface area contributed by atoms with Gasteiger partial charge in [-0.05, 0) is 49.7 Å². The van der Waals surface area contributed by atoms with Crippen LogP contribution in [0, 0.1) is 0 Å². The van der Waals surface area contributed by atoms with Crippen molar-refractivity contribution in [2.45, 2.75) is 13.8 Å². The molecule has 3 rings (SSSR count). The number of benzene rings is 2. The number of hydrazone groups is 1. The minimum Gasteiger partial charge on any atom is -0.372 e. The van der Waals surface area contributed by atoms with E-state index < -0.39 is 0 Å². The fourth-order valence-electron chi connectivity index (χ4n) is 2.79. The van der Waals surface area contributed by atoms with Crippen molar-refractivity contribution in [2.24, 2.45) is 5.10 Å². The van der Waals surface area contributed by atoms with Crippen molar-refractivity contribution in [3.8, 4) is 11.3 Å². The quantitative estimate of drug-likeness (QED) is 0.421. The Morgan fingerprint density at radius 3 is 2.46 bits per heavy atom. The van der Waals surface area contributed by atoms with E-state index in [0.717, 1.165) is 28.7 Å². The van der Waals surface area contributed by atoms with Gasteiger partial charge < -0.3 is 4.90 Å². The Balaban J connectivity index is 1.60. The summed E-state index contributed by atoms with van der Waals surface area (Å²) in [5.74, 6) is -0.341. The van der Waals surface area contributed by atoms with Crippen molar-refractivity contribution in [3.63, 3.8) is 0 Å². The molecule has 0 saturated carbocycles. The maximum absolute atomic E-state index is 12.2. The minimum absolute atomic E-state index is 0.341. The van der Waals surface area contributed by atoms with Crippen molar-refractivity contribution in [2.75, 3.05) is 18.0 Å². The van der Waals surface area contributed by atoms with E-state index in [1.165, 1.54) is 5.69 Å². The number of carbonyl (C=O) groups excluding carboxylic acids is 1. The highest BCUT2D eigenvalue weighted by atomic mass is 79.9. The molecule has 0 spiro atoms. The summed E-state index contributed by atoms with van der Waals surface area (Å²) >= 11 is 3.40. The van der Waals surface area contributed by atoms with Gasteiger partial charge in [0.25, 0.3) is 5.91 Å². The van der Waals surface area contributed by atoms with Crippen LogP contribution in [0.3, 0.4) is 0 Å². The molecule has 0 unspecified atom stereocenters. The average molecular weight is 440 g/mol. The number of aromatic nitrogens is 2.